The second kappa shape index (κ2) is 6.12. The molecule has 1 N–H and O–H groups in total. The fourth-order valence-electron chi connectivity index (χ4n) is 1.66. The maximum Gasteiger partial charge on any atom is 0.272 e. The Morgan fingerprint density at radius 3 is 2.55 bits per heavy atom. The topological polar surface area (TPSA) is 72.6 Å². The van der Waals surface area contributed by atoms with E-state index in [9.17, 15) is 19.6 Å². The fourth-order valence-corrected chi connectivity index (χ4v) is 1.66. The van der Waals surface area contributed by atoms with E-state index in [-0.39, 0.29) is 18.0 Å². The number of non-ortho nitro benzene ring substituents is 1. The lowest BCUT2D eigenvalue weighted by atomic mass is 10.1. The summed E-state index contributed by atoms with van der Waals surface area (Å²) >= 11 is 0. The molecule has 20 heavy (non-hydrogen) atoms. The van der Waals surface area contributed by atoms with Crippen LogP contribution in [-0.4, -0.2) is 16.6 Å². The molecule has 2 aromatic carbocycles. The van der Waals surface area contributed by atoms with Gasteiger partial charge in [-0.05, 0) is 11.6 Å². The summed E-state index contributed by atoms with van der Waals surface area (Å²) in [5.41, 5.74) is 0.299. The van der Waals surface area contributed by atoms with Crippen molar-refractivity contribution in [2.45, 2.75) is 6.10 Å². The van der Waals surface area contributed by atoms with Gasteiger partial charge in [0.15, 0.2) is 11.6 Å². The summed E-state index contributed by atoms with van der Waals surface area (Å²) in [6, 6.07) is 11.9. The van der Waals surface area contributed by atoms with E-state index in [4.69, 9.17) is 4.74 Å². The third-order valence-electron chi connectivity index (χ3n) is 2.71. The summed E-state index contributed by atoms with van der Waals surface area (Å²) < 4.78 is 18.7. The Hall–Kier alpha value is -2.47. The van der Waals surface area contributed by atoms with Gasteiger partial charge in [-0.1, -0.05) is 30.3 Å². The van der Waals surface area contributed by atoms with E-state index in [1.807, 2.05) is 6.07 Å². The highest BCUT2D eigenvalue weighted by atomic mass is 19.1. The molecule has 0 aromatic heterocycles. The number of halogens is 1. The third-order valence-corrected chi connectivity index (χ3v) is 2.71. The number of nitro groups is 1. The molecule has 0 aliphatic heterocycles. The maximum absolute atomic E-state index is 13.6. The summed E-state index contributed by atoms with van der Waals surface area (Å²) in [7, 11) is 0. The largest absolute Gasteiger partial charge is 0.487 e. The molecule has 0 amide bonds. The van der Waals surface area contributed by atoms with Gasteiger partial charge in [-0.15, -0.1) is 0 Å². The second-order valence-electron chi connectivity index (χ2n) is 4.11. The van der Waals surface area contributed by atoms with Crippen molar-refractivity contribution in [3.05, 3.63) is 70.0 Å². The number of hydrogen-bond acceptors (Lipinski definition) is 4. The van der Waals surface area contributed by atoms with E-state index >= 15 is 0 Å². The highest BCUT2D eigenvalue weighted by Crippen LogP contribution is 2.23. The van der Waals surface area contributed by atoms with Crippen LogP contribution >= 0.6 is 0 Å². The van der Waals surface area contributed by atoms with Gasteiger partial charge in [0.05, 0.1) is 11.0 Å². The molecule has 0 fully saturated rings. The van der Waals surface area contributed by atoms with Gasteiger partial charge in [-0.2, -0.15) is 0 Å². The number of nitro benzene ring substituents is 1. The average molecular weight is 277 g/mol. The highest BCUT2D eigenvalue weighted by Gasteiger charge is 2.13. The zero-order chi connectivity index (χ0) is 14.5. The molecule has 0 heterocycles. The first-order valence-corrected chi connectivity index (χ1v) is 5.87. The van der Waals surface area contributed by atoms with Gasteiger partial charge >= 0.3 is 0 Å². The van der Waals surface area contributed by atoms with Crippen LogP contribution < -0.4 is 4.74 Å². The van der Waals surface area contributed by atoms with E-state index < -0.39 is 16.8 Å². The number of rotatable bonds is 5. The molecule has 1 unspecified atom stereocenters. The van der Waals surface area contributed by atoms with Crippen molar-refractivity contribution in [3.63, 3.8) is 0 Å². The first-order valence-electron chi connectivity index (χ1n) is 5.87. The van der Waals surface area contributed by atoms with Gasteiger partial charge in [0.2, 0.25) is 0 Å². The second-order valence-corrected chi connectivity index (χ2v) is 4.11. The molecule has 6 heteroatoms. The number of nitrogens with zero attached hydrogens (tertiary/aromatic N) is 1. The Balaban J connectivity index is 2.02. The third kappa shape index (κ3) is 3.30. The smallest absolute Gasteiger partial charge is 0.272 e. The lowest BCUT2D eigenvalue weighted by Gasteiger charge is -2.12. The van der Waals surface area contributed by atoms with E-state index in [1.165, 1.54) is 6.07 Å². The van der Waals surface area contributed by atoms with Gasteiger partial charge in [0.1, 0.15) is 12.7 Å². The molecule has 0 aliphatic carbocycles. The Kier molecular flexibility index (Phi) is 4.27. The van der Waals surface area contributed by atoms with Gasteiger partial charge in [0, 0.05) is 6.07 Å². The lowest BCUT2D eigenvalue weighted by molar-refractivity contribution is -0.385. The summed E-state index contributed by atoms with van der Waals surface area (Å²) in [6.07, 6.45) is -0.897. The van der Waals surface area contributed by atoms with Crippen molar-refractivity contribution in [1.29, 1.82) is 0 Å². The summed E-state index contributed by atoms with van der Waals surface area (Å²) in [6.45, 7) is -0.140. The van der Waals surface area contributed by atoms with E-state index in [2.05, 4.69) is 0 Å². The van der Waals surface area contributed by atoms with Crippen LogP contribution in [0.5, 0.6) is 5.75 Å². The number of aliphatic hydroxyl groups is 1. The van der Waals surface area contributed by atoms with Gasteiger partial charge in [-0.25, -0.2) is 4.39 Å². The Labute approximate surface area is 114 Å². The fraction of sp³-hybridized carbons (Fsp3) is 0.143. The Bertz CT molecular complexity index is 603. The van der Waals surface area contributed by atoms with Crippen LogP contribution in [0, 0.1) is 15.9 Å². The molecule has 0 bridgehead atoms. The molecule has 0 saturated carbocycles. The maximum atomic E-state index is 13.6. The van der Waals surface area contributed by atoms with Crippen LogP contribution in [0.3, 0.4) is 0 Å². The van der Waals surface area contributed by atoms with Gasteiger partial charge in [-0.3, -0.25) is 10.1 Å². The number of aliphatic hydroxyl groups excluding tert-OH is 1. The van der Waals surface area contributed by atoms with Crippen LogP contribution in [0.25, 0.3) is 0 Å². The van der Waals surface area contributed by atoms with Crippen molar-refractivity contribution in [2.24, 2.45) is 0 Å². The lowest BCUT2D eigenvalue weighted by Crippen LogP contribution is -2.10. The minimum absolute atomic E-state index is 0.134. The van der Waals surface area contributed by atoms with Crippen LogP contribution in [0.2, 0.25) is 0 Å². The molecule has 0 radical (unpaired) electrons. The minimum Gasteiger partial charge on any atom is -0.487 e. The molecule has 0 spiro atoms. The summed E-state index contributed by atoms with van der Waals surface area (Å²) in [5, 5.41) is 20.3. The average Bonchev–Trinajstić information content (AvgIpc) is 2.46. The first kappa shape index (κ1) is 14.0. The van der Waals surface area contributed by atoms with Crippen molar-refractivity contribution < 1.29 is 19.2 Å². The molecular formula is C14H12FNO4. The van der Waals surface area contributed by atoms with Crippen LogP contribution in [0.1, 0.15) is 11.7 Å². The predicted molar refractivity (Wildman–Crippen MR) is 70.0 cm³/mol. The van der Waals surface area contributed by atoms with Crippen molar-refractivity contribution in [1.82, 2.24) is 0 Å². The first-order chi connectivity index (χ1) is 9.58. The quantitative estimate of drug-likeness (QED) is 0.673. The Morgan fingerprint density at radius 1 is 1.25 bits per heavy atom. The van der Waals surface area contributed by atoms with Crippen molar-refractivity contribution in [2.75, 3.05) is 6.61 Å². The van der Waals surface area contributed by atoms with Crippen molar-refractivity contribution >= 4 is 5.69 Å². The van der Waals surface area contributed by atoms with Crippen molar-refractivity contribution in [3.8, 4) is 5.75 Å². The molecule has 0 saturated heterocycles. The molecule has 1 atom stereocenters. The van der Waals surface area contributed by atoms with E-state index in [0.717, 1.165) is 12.1 Å². The molecule has 0 aliphatic rings. The monoisotopic (exact) mass is 277 g/mol. The van der Waals surface area contributed by atoms with Gasteiger partial charge < -0.3 is 9.84 Å². The number of ether oxygens (including phenoxy) is 1. The molecule has 2 aromatic rings. The molecule has 104 valence electrons. The standard InChI is InChI=1S/C14H12FNO4/c15-12-8-11(16(18)19)6-7-14(12)20-9-13(17)10-4-2-1-3-5-10/h1-8,13,17H,9H2. The number of benzene rings is 2. The van der Waals surface area contributed by atoms with Crippen LogP contribution in [0.4, 0.5) is 10.1 Å². The zero-order valence-electron chi connectivity index (χ0n) is 10.4. The molecular weight excluding hydrogens is 265 g/mol. The van der Waals surface area contributed by atoms with E-state index in [1.54, 1.807) is 24.3 Å². The van der Waals surface area contributed by atoms with E-state index in [0.29, 0.717) is 5.56 Å². The minimum atomic E-state index is -0.897. The van der Waals surface area contributed by atoms with Crippen LogP contribution in [-0.2, 0) is 0 Å². The zero-order valence-corrected chi connectivity index (χ0v) is 10.4. The molecule has 2 rings (SSSR count). The van der Waals surface area contributed by atoms with Gasteiger partial charge in [0.25, 0.3) is 5.69 Å². The predicted octanol–water partition coefficient (Wildman–Crippen LogP) is 2.85. The normalized spacial score (nSPS) is 11.9. The molecule has 5 nitrogen and oxygen atoms in total. The summed E-state index contributed by atoms with van der Waals surface area (Å²) in [4.78, 5) is 9.78. The Morgan fingerprint density at radius 2 is 1.95 bits per heavy atom. The summed E-state index contributed by atoms with van der Waals surface area (Å²) in [5.74, 6) is -0.968. The highest BCUT2D eigenvalue weighted by molar-refractivity contribution is 5.37. The van der Waals surface area contributed by atoms with Crippen LogP contribution in [0.15, 0.2) is 48.5 Å². The number of hydrogen-bond donors (Lipinski definition) is 1. The SMILES string of the molecule is O=[N+]([O-])c1ccc(OCC(O)c2ccccc2)c(F)c1.